The Morgan fingerprint density at radius 2 is 1.91 bits per heavy atom. The van der Waals surface area contributed by atoms with Crippen molar-refractivity contribution < 1.29 is 19.1 Å². The van der Waals surface area contributed by atoms with Crippen LogP contribution in [-0.4, -0.2) is 58.2 Å². The summed E-state index contributed by atoms with van der Waals surface area (Å²) in [5.74, 6) is -1.49. The molecule has 1 aromatic carbocycles. The highest BCUT2D eigenvalue weighted by atomic mass is 19.1. The maximum absolute atomic E-state index is 15.7. The van der Waals surface area contributed by atoms with E-state index in [1.54, 1.807) is 30.3 Å². The fraction of sp³-hybridized carbons (Fsp3) is 0.519. The van der Waals surface area contributed by atoms with Crippen molar-refractivity contribution in [2.75, 3.05) is 19.6 Å². The molecule has 1 aliphatic heterocycles. The van der Waals surface area contributed by atoms with Gasteiger partial charge < -0.3 is 15.3 Å². The van der Waals surface area contributed by atoms with Gasteiger partial charge >= 0.3 is 5.97 Å². The van der Waals surface area contributed by atoms with Crippen molar-refractivity contribution >= 4 is 11.9 Å². The Morgan fingerprint density at radius 3 is 2.71 bits per heavy atom. The predicted octanol–water partition coefficient (Wildman–Crippen LogP) is 3.97. The van der Waals surface area contributed by atoms with E-state index >= 15 is 4.39 Å². The quantitative estimate of drug-likeness (QED) is 0.583. The minimum absolute atomic E-state index is 0.233. The second-order valence-electron chi connectivity index (χ2n) is 9.67. The lowest BCUT2D eigenvalue weighted by Gasteiger charge is -2.38. The van der Waals surface area contributed by atoms with Crippen LogP contribution in [0.25, 0.3) is 0 Å². The minimum atomic E-state index is -1.30. The van der Waals surface area contributed by atoms with E-state index < -0.39 is 23.6 Å². The van der Waals surface area contributed by atoms with Crippen LogP contribution in [0.5, 0.6) is 0 Å². The molecule has 1 aliphatic carbocycles. The van der Waals surface area contributed by atoms with Crippen LogP contribution in [0.2, 0.25) is 0 Å². The van der Waals surface area contributed by atoms with E-state index in [4.69, 9.17) is 4.98 Å². The predicted molar refractivity (Wildman–Crippen MR) is 129 cm³/mol. The molecule has 0 saturated carbocycles. The van der Waals surface area contributed by atoms with Gasteiger partial charge in [-0.2, -0.15) is 0 Å². The summed E-state index contributed by atoms with van der Waals surface area (Å²) in [6, 6.07) is 11.8. The molecule has 4 rings (SSSR count). The number of pyridine rings is 1. The van der Waals surface area contributed by atoms with Gasteiger partial charge in [0.2, 0.25) is 0 Å². The normalized spacial score (nSPS) is 21.4. The molecule has 0 bridgehead atoms. The van der Waals surface area contributed by atoms with Crippen molar-refractivity contribution in [2.24, 2.45) is 0 Å². The maximum atomic E-state index is 15.7. The molecular weight excluding hydrogens is 433 g/mol. The van der Waals surface area contributed by atoms with Crippen LogP contribution in [0.1, 0.15) is 65.8 Å². The first-order valence-electron chi connectivity index (χ1n) is 12.4. The number of aliphatic carboxylic acids is 1. The summed E-state index contributed by atoms with van der Waals surface area (Å²) >= 11 is 0. The third-order valence-corrected chi connectivity index (χ3v) is 7.04. The molecule has 34 heavy (non-hydrogen) atoms. The lowest BCUT2D eigenvalue weighted by atomic mass is 9.88. The minimum Gasteiger partial charge on any atom is -0.480 e. The maximum Gasteiger partial charge on any atom is 0.326 e. The first kappa shape index (κ1) is 24.3. The molecule has 6 nitrogen and oxygen atoms in total. The zero-order valence-electron chi connectivity index (χ0n) is 19.6. The first-order chi connectivity index (χ1) is 16.4. The molecule has 0 radical (unpaired) electrons. The van der Waals surface area contributed by atoms with Crippen LogP contribution < -0.4 is 5.32 Å². The highest BCUT2D eigenvalue weighted by molar-refractivity contribution is 5.96. The Bertz CT molecular complexity index is 1000. The number of nitrogens with one attached hydrogen (secondary N) is 1. The van der Waals surface area contributed by atoms with Crippen LogP contribution in [-0.2, 0) is 24.1 Å². The van der Waals surface area contributed by atoms with Gasteiger partial charge in [0.15, 0.2) is 0 Å². The summed E-state index contributed by atoms with van der Waals surface area (Å²) in [4.78, 5) is 30.9. The average Bonchev–Trinajstić information content (AvgIpc) is 2.85. The third kappa shape index (κ3) is 6.41. The van der Waals surface area contributed by atoms with Gasteiger partial charge in [-0.25, -0.2) is 9.18 Å². The third-order valence-electron chi connectivity index (χ3n) is 7.04. The van der Waals surface area contributed by atoms with Crippen LogP contribution in [0.3, 0.4) is 0 Å². The van der Waals surface area contributed by atoms with Gasteiger partial charge in [0.25, 0.3) is 5.91 Å². The Hall–Kier alpha value is -2.80. The van der Waals surface area contributed by atoms with E-state index in [0.717, 1.165) is 31.5 Å². The molecule has 1 aromatic heterocycles. The number of rotatable bonds is 9. The zero-order chi connectivity index (χ0) is 24.0. The number of benzene rings is 1. The van der Waals surface area contributed by atoms with E-state index in [1.807, 2.05) is 11.0 Å². The molecule has 182 valence electrons. The molecule has 1 saturated heterocycles. The van der Waals surface area contributed by atoms with E-state index in [1.165, 1.54) is 24.1 Å². The molecule has 1 amide bonds. The number of alkyl halides is 1. The van der Waals surface area contributed by atoms with Crippen molar-refractivity contribution in [3.05, 3.63) is 65.0 Å². The number of amides is 1. The fourth-order valence-corrected chi connectivity index (χ4v) is 5.09. The Labute approximate surface area is 200 Å². The number of carbonyl (C=O) groups excluding carboxylic acids is 1. The van der Waals surface area contributed by atoms with Gasteiger partial charge in [-0.05, 0) is 88.1 Å². The summed E-state index contributed by atoms with van der Waals surface area (Å²) in [7, 11) is 0. The zero-order valence-corrected chi connectivity index (χ0v) is 19.6. The van der Waals surface area contributed by atoms with Crippen molar-refractivity contribution in [1.29, 1.82) is 0 Å². The molecule has 0 unspecified atom stereocenters. The number of nitrogens with zero attached hydrogens (tertiary/aromatic N) is 2. The summed E-state index contributed by atoms with van der Waals surface area (Å²) in [5.41, 5.74) is 2.59. The Balaban J connectivity index is 1.29. The van der Waals surface area contributed by atoms with Gasteiger partial charge in [-0.3, -0.25) is 9.78 Å². The number of hydrogen-bond acceptors (Lipinski definition) is 4. The summed E-state index contributed by atoms with van der Waals surface area (Å²) in [6.07, 6.45) is 7.02. The summed E-state index contributed by atoms with van der Waals surface area (Å²) in [6.45, 7) is 1.45. The van der Waals surface area contributed by atoms with Crippen molar-refractivity contribution in [3.63, 3.8) is 0 Å². The molecule has 2 aromatic rings. The van der Waals surface area contributed by atoms with Crippen LogP contribution in [0.4, 0.5) is 4.39 Å². The molecular formula is C27H34FN3O3. The molecule has 7 heteroatoms. The van der Waals surface area contributed by atoms with Gasteiger partial charge in [-0.1, -0.05) is 24.3 Å². The monoisotopic (exact) mass is 467 g/mol. The second-order valence-corrected chi connectivity index (χ2v) is 9.67. The average molecular weight is 468 g/mol. The van der Waals surface area contributed by atoms with E-state index in [0.29, 0.717) is 31.4 Å². The fourth-order valence-electron chi connectivity index (χ4n) is 5.09. The van der Waals surface area contributed by atoms with Gasteiger partial charge in [-0.15, -0.1) is 0 Å². The number of halogens is 1. The number of hydrogen-bond donors (Lipinski definition) is 2. The molecule has 2 aliphatic rings. The Morgan fingerprint density at radius 1 is 1.12 bits per heavy atom. The van der Waals surface area contributed by atoms with E-state index in [9.17, 15) is 14.7 Å². The number of likely N-dealkylation sites (tertiary alicyclic amines) is 1. The number of carbonyl (C=O) groups is 2. The van der Waals surface area contributed by atoms with Gasteiger partial charge in [0, 0.05) is 30.0 Å². The van der Waals surface area contributed by atoms with Gasteiger partial charge in [0.05, 0.1) is 0 Å². The number of aryl methyl sites for hydroxylation is 3. The topological polar surface area (TPSA) is 82.5 Å². The van der Waals surface area contributed by atoms with Crippen molar-refractivity contribution in [3.8, 4) is 0 Å². The highest BCUT2D eigenvalue weighted by Gasteiger charge is 2.35. The number of carboxylic acid groups (broad SMARTS) is 1. The molecule has 0 spiro atoms. The first-order valence-corrected chi connectivity index (χ1v) is 12.4. The number of piperidine rings is 1. The number of carboxylic acids is 1. The van der Waals surface area contributed by atoms with Crippen LogP contribution in [0, 0.1) is 0 Å². The van der Waals surface area contributed by atoms with Gasteiger partial charge in [0.1, 0.15) is 11.7 Å². The lowest BCUT2D eigenvalue weighted by Crippen LogP contribution is -2.48. The molecule has 2 atom stereocenters. The number of aromatic nitrogens is 1. The Kier molecular flexibility index (Phi) is 7.93. The van der Waals surface area contributed by atoms with Crippen molar-refractivity contribution in [2.45, 2.75) is 69.5 Å². The summed E-state index contributed by atoms with van der Waals surface area (Å²) in [5, 5.41) is 12.2. The molecule has 1 fully saturated rings. The highest BCUT2D eigenvalue weighted by Crippen LogP contribution is 2.30. The smallest absolute Gasteiger partial charge is 0.326 e. The molecule has 2 heterocycles. The molecule has 2 N–H and O–H groups in total. The summed E-state index contributed by atoms with van der Waals surface area (Å²) < 4.78 is 15.7. The lowest BCUT2D eigenvalue weighted by molar-refractivity contribution is -0.139. The largest absolute Gasteiger partial charge is 0.480 e. The van der Waals surface area contributed by atoms with Crippen LogP contribution >= 0.6 is 0 Å². The second kappa shape index (κ2) is 11.1. The standard InChI is InChI=1S/C27H34FN3O3/c28-27(16-13-22-12-11-20-7-4-5-10-23(20)29-22)15-6-17-31(19-27)18-14-24(26(33)34)30-25(32)21-8-2-1-3-9-21/h1-3,8-9,11-12,24H,4-7,10,13-19H2,(H,30,32)(H,33,34)/t24-,27+/m0/s1. The SMILES string of the molecule is O=C(N[C@@H](CCN1CCC[C@@](F)(CCc2ccc3c(n2)CCCC3)C1)C(=O)O)c1ccccc1. The van der Waals surface area contributed by atoms with Crippen LogP contribution in [0.15, 0.2) is 42.5 Å². The number of fused-ring (bicyclic) bond motifs is 1. The van der Waals surface area contributed by atoms with E-state index in [-0.39, 0.29) is 13.0 Å². The van der Waals surface area contributed by atoms with Crippen molar-refractivity contribution in [1.82, 2.24) is 15.2 Å². The van der Waals surface area contributed by atoms with E-state index in [2.05, 4.69) is 11.4 Å².